The van der Waals surface area contributed by atoms with Gasteiger partial charge in [0, 0.05) is 5.56 Å². The lowest BCUT2D eigenvalue weighted by Crippen LogP contribution is -2.16. The Morgan fingerprint density at radius 2 is 1.44 bits per heavy atom. The third kappa shape index (κ3) is 2.21. The van der Waals surface area contributed by atoms with Crippen molar-refractivity contribution in [2.75, 3.05) is 13.6 Å². The molecule has 1 N–H and O–H groups in total. The fraction of sp³-hybridized carbons (Fsp3) is 0.167. The van der Waals surface area contributed by atoms with Crippen LogP contribution in [0.2, 0.25) is 0 Å². The van der Waals surface area contributed by atoms with Crippen LogP contribution in [0, 0.1) is 0 Å². The Morgan fingerprint density at radius 3 is 2.15 bits per heavy atom. The molecule has 0 aliphatic carbocycles. The van der Waals surface area contributed by atoms with E-state index < -0.39 is 31.5 Å². The van der Waals surface area contributed by atoms with Gasteiger partial charge in [-0.2, -0.15) is 0 Å². The number of ether oxygens (including phenoxy) is 4. The van der Waals surface area contributed by atoms with Gasteiger partial charge in [0.2, 0.25) is 19.4 Å². The summed E-state index contributed by atoms with van der Waals surface area (Å²) < 4.78 is 47.2. The van der Waals surface area contributed by atoms with Gasteiger partial charge in [-0.15, -0.1) is 0 Å². The van der Waals surface area contributed by atoms with E-state index >= 15 is 0 Å². The number of aliphatic hydroxyl groups excluding tert-OH is 1. The second-order valence-electron chi connectivity index (χ2n) is 6.15. The van der Waals surface area contributed by atoms with Crippen LogP contribution in [0.1, 0.15) is 16.4 Å². The summed E-state index contributed by atoms with van der Waals surface area (Å²) in [5.41, 5.74) is 0.361. The van der Waals surface area contributed by atoms with Gasteiger partial charge in [-0.05, 0) is 35.9 Å². The molecule has 9 heteroatoms. The Morgan fingerprint density at radius 1 is 0.852 bits per heavy atom. The third-order valence-electron chi connectivity index (χ3n) is 4.62. The van der Waals surface area contributed by atoms with Crippen LogP contribution in [0.5, 0.6) is 23.0 Å². The molecule has 0 radical (unpaired) electrons. The second kappa shape index (κ2) is 5.40. The molecule has 0 saturated carbocycles. The van der Waals surface area contributed by atoms with Gasteiger partial charge in [0.15, 0.2) is 43.8 Å². The molecule has 1 unspecified atom stereocenters. The van der Waals surface area contributed by atoms with Crippen molar-refractivity contribution >= 4 is 20.5 Å². The number of benzene rings is 2. The molecule has 0 spiro atoms. The molecule has 8 nitrogen and oxygen atoms in total. The molecule has 5 rings (SSSR count). The summed E-state index contributed by atoms with van der Waals surface area (Å²) >= 11 is 0. The first-order chi connectivity index (χ1) is 13.0. The molecule has 2 aromatic rings. The van der Waals surface area contributed by atoms with Crippen LogP contribution in [-0.4, -0.2) is 32.9 Å². The Hall–Kier alpha value is -3.20. The number of Topliss-reactive ketones (excluding diaryl/α,β-unsaturated/α-hetero) is 1. The molecule has 27 heavy (non-hydrogen) atoms. The van der Waals surface area contributed by atoms with E-state index in [4.69, 9.17) is 18.9 Å². The molecule has 1 atom stereocenters. The fourth-order valence-electron chi connectivity index (χ4n) is 3.38. The summed E-state index contributed by atoms with van der Waals surface area (Å²) in [5.74, 6) is -0.0470. The van der Waals surface area contributed by atoms with Crippen molar-refractivity contribution in [3.05, 3.63) is 53.3 Å². The highest BCUT2D eigenvalue weighted by molar-refractivity contribution is 8.02. The molecule has 0 bridgehead atoms. The first kappa shape index (κ1) is 16.0. The molecular formula is C18H12O8S. The summed E-state index contributed by atoms with van der Waals surface area (Å²) in [6.07, 6.45) is 0. The molecule has 0 amide bonds. The van der Waals surface area contributed by atoms with Crippen molar-refractivity contribution in [3.8, 4) is 23.0 Å². The Kier molecular flexibility index (Phi) is 3.20. The lowest BCUT2D eigenvalue weighted by Gasteiger charge is -2.11. The van der Waals surface area contributed by atoms with Gasteiger partial charge in [-0.25, -0.2) is 8.42 Å². The van der Waals surface area contributed by atoms with E-state index in [0.29, 0.717) is 23.0 Å². The zero-order chi connectivity index (χ0) is 18.8. The van der Waals surface area contributed by atoms with Gasteiger partial charge in [0.05, 0.1) is 0 Å². The Balaban J connectivity index is 1.61. The lowest BCUT2D eigenvalue weighted by atomic mass is 10.1. The van der Waals surface area contributed by atoms with Gasteiger partial charge in [0.1, 0.15) is 4.91 Å². The molecule has 0 fully saturated rings. The molecule has 0 aromatic heterocycles. The van der Waals surface area contributed by atoms with Crippen molar-refractivity contribution in [3.63, 3.8) is 0 Å². The summed E-state index contributed by atoms with van der Waals surface area (Å²) in [6, 6.07) is 8.89. The largest absolute Gasteiger partial charge is 0.503 e. The number of sulfone groups is 1. The Labute approximate surface area is 153 Å². The maximum atomic E-state index is 13.1. The molecule has 3 aliphatic rings. The maximum Gasteiger partial charge on any atom is 0.231 e. The highest BCUT2D eigenvalue weighted by atomic mass is 32.2. The Bertz CT molecular complexity index is 1130. The highest BCUT2D eigenvalue weighted by Gasteiger charge is 2.49. The minimum Gasteiger partial charge on any atom is -0.503 e. The third-order valence-corrected chi connectivity index (χ3v) is 6.72. The first-order valence-corrected chi connectivity index (χ1v) is 9.52. The number of carbonyl (C=O) groups is 1. The van der Waals surface area contributed by atoms with Gasteiger partial charge in [-0.3, -0.25) is 4.79 Å². The molecular weight excluding hydrogens is 376 g/mol. The van der Waals surface area contributed by atoms with Gasteiger partial charge in [0.25, 0.3) is 0 Å². The van der Waals surface area contributed by atoms with E-state index in [0.717, 1.165) is 0 Å². The van der Waals surface area contributed by atoms with Crippen LogP contribution in [0.4, 0.5) is 0 Å². The van der Waals surface area contributed by atoms with Gasteiger partial charge < -0.3 is 24.1 Å². The highest BCUT2D eigenvalue weighted by Crippen LogP contribution is 2.47. The predicted octanol–water partition coefficient (Wildman–Crippen LogP) is 2.11. The molecule has 2 aromatic carbocycles. The number of hydrogen-bond donors (Lipinski definition) is 1. The van der Waals surface area contributed by atoms with E-state index in [1.54, 1.807) is 0 Å². The lowest BCUT2D eigenvalue weighted by molar-refractivity contribution is -0.117. The van der Waals surface area contributed by atoms with Crippen LogP contribution in [0.3, 0.4) is 0 Å². The monoisotopic (exact) mass is 388 g/mol. The zero-order valence-electron chi connectivity index (χ0n) is 13.7. The minimum absolute atomic E-state index is 0.0231. The van der Waals surface area contributed by atoms with E-state index in [2.05, 4.69) is 0 Å². The minimum atomic E-state index is -4.18. The van der Waals surface area contributed by atoms with Crippen molar-refractivity contribution in [1.82, 2.24) is 0 Å². The topological polar surface area (TPSA) is 108 Å². The average molecular weight is 388 g/mol. The first-order valence-electron chi connectivity index (χ1n) is 7.98. The van der Waals surface area contributed by atoms with Crippen molar-refractivity contribution in [1.29, 1.82) is 0 Å². The molecule has 3 aliphatic heterocycles. The van der Waals surface area contributed by atoms with E-state index in [1.807, 2.05) is 0 Å². The quantitative estimate of drug-likeness (QED) is 0.833. The molecule has 3 heterocycles. The van der Waals surface area contributed by atoms with Crippen molar-refractivity contribution in [2.24, 2.45) is 0 Å². The van der Waals surface area contributed by atoms with Gasteiger partial charge in [-0.1, -0.05) is 6.07 Å². The van der Waals surface area contributed by atoms with Crippen LogP contribution in [-0.2, 0) is 14.6 Å². The van der Waals surface area contributed by atoms with Gasteiger partial charge >= 0.3 is 0 Å². The summed E-state index contributed by atoms with van der Waals surface area (Å²) in [6.45, 7) is 0.0470. The van der Waals surface area contributed by atoms with E-state index in [-0.39, 0.29) is 24.7 Å². The number of fused-ring (bicyclic) bond motifs is 2. The second-order valence-corrected chi connectivity index (χ2v) is 8.12. The van der Waals surface area contributed by atoms with Crippen molar-refractivity contribution in [2.45, 2.75) is 5.25 Å². The molecule has 0 saturated heterocycles. The number of allylic oxidation sites excluding steroid dienone is 1. The van der Waals surface area contributed by atoms with E-state index in [1.165, 1.54) is 36.4 Å². The summed E-state index contributed by atoms with van der Waals surface area (Å²) in [4.78, 5) is 12.2. The van der Waals surface area contributed by atoms with Crippen LogP contribution in [0.25, 0.3) is 4.91 Å². The molecule has 138 valence electrons. The average Bonchev–Trinajstić information content (AvgIpc) is 3.32. The maximum absolute atomic E-state index is 13.1. The number of rotatable bonds is 2. The number of hydrogen-bond acceptors (Lipinski definition) is 8. The predicted molar refractivity (Wildman–Crippen MR) is 91.3 cm³/mol. The number of carbonyl (C=O) groups excluding carboxylic acids is 1. The number of ketones is 1. The SMILES string of the molecule is O=C1C(O)=C(c2ccc3c(c2)OCO3)S(=O)(=O)C1c1ccc2c(c1)OCO2. The van der Waals surface area contributed by atoms with E-state index in [9.17, 15) is 18.3 Å². The van der Waals surface area contributed by atoms with Crippen LogP contribution in [0.15, 0.2) is 42.2 Å². The zero-order valence-corrected chi connectivity index (χ0v) is 14.5. The van der Waals surface area contributed by atoms with Crippen LogP contribution >= 0.6 is 0 Å². The summed E-state index contributed by atoms with van der Waals surface area (Å²) in [5, 5.41) is 8.79. The standard InChI is InChI=1S/C18H12O8S/c19-15-16(20)18(10-2-4-12-14(6-10)26-8-24-12)27(21,22)17(15)9-1-3-11-13(5-9)25-7-23-11/h1-6,17,20H,7-8H2. The number of aliphatic hydroxyl groups is 1. The van der Waals surface area contributed by atoms with Crippen molar-refractivity contribution < 1.29 is 37.3 Å². The summed E-state index contributed by atoms with van der Waals surface area (Å²) in [7, 11) is -4.18. The normalized spacial score (nSPS) is 21.8. The van der Waals surface area contributed by atoms with Crippen LogP contribution < -0.4 is 18.9 Å². The fourth-order valence-corrected chi connectivity index (χ4v) is 5.33. The smallest absolute Gasteiger partial charge is 0.231 e.